The smallest absolute Gasteiger partial charge is 0.321 e. The standard InChI is InChI=1S/C10H21NO4S/c1-5-8(9(12)13)11-16(14,15)7-6-10(2,3)4/h8,11H,5-7H2,1-4H3,(H,12,13)/t8-/m1/s1. The topological polar surface area (TPSA) is 83.5 Å². The van der Waals surface area contributed by atoms with E-state index in [0.717, 1.165) is 0 Å². The molecular formula is C10H21NO4S. The monoisotopic (exact) mass is 251 g/mol. The maximum absolute atomic E-state index is 11.6. The van der Waals surface area contributed by atoms with Crippen LogP contribution in [0.2, 0.25) is 0 Å². The minimum atomic E-state index is -3.50. The molecule has 0 spiro atoms. The average Bonchev–Trinajstić information content (AvgIpc) is 2.10. The van der Waals surface area contributed by atoms with Gasteiger partial charge in [-0.15, -0.1) is 0 Å². The van der Waals surface area contributed by atoms with E-state index in [1.165, 1.54) is 0 Å². The molecule has 0 bridgehead atoms. The van der Waals surface area contributed by atoms with Crippen LogP contribution < -0.4 is 4.72 Å². The summed E-state index contributed by atoms with van der Waals surface area (Å²) in [5.41, 5.74) is -0.0836. The van der Waals surface area contributed by atoms with Crippen molar-refractivity contribution < 1.29 is 18.3 Å². The van der Waals surface area contributed by atoms with Crippen LogP contribution in [-0.2, 0) is 14.8 Å². The fourth-order valence-electron chi connectivity index (χ4n) is 1.02. The Hall–Kier alpha value is -0.620. The zero-order chi connectivity index (χ0) is 13.0. The van der Waals surface area contributed by atoms with E-state index in [9.17, 15) is 13.2 Å². The molecule has 0 heterocycles. The molecule has 1 atom stereocenters. The van der Waals surface area contributed by atoms with Crippen molar-refractivity contribution in [3.8, 4) is 0 Å². The number of hydrogen-bond acceptors (Lipinski definition) is 3. The molecule has 0 unspecified atom stereocenters. The van der Waals surface area contributed by atoms with E-state index in [0.29, 0.717) is 6.42 Å². The molecule has 0 amide bonds. The first-order valence-corrected chi connectivity index (χ1v) is 6.95. The van der Waals surface area contributed by atoms with E-state index >= 15 is 0 Å². The van der Waals surface area contributed by atoms with Crippen molar-refractivity contribution in [1.29, 1.82) is 0 Å². The zero-order valence-electron chi connectivity index (χ0n) is 10.3. The maximum Gasteiger partial charge on any atom is 0.321 e. The highest BCUT2D eigenvalue weighted by atomic mass is 32.2. The first kappa shape index (κ1) is 15.4. The first-order valence-electron chi connectivity index (χ1n) is 5.30. The number of carboxylic acids is 1. The molecule has 0 fully saturated rings. The number of nitrogens with one attached hydrogen (secondary N) is 1. The first-order chi connectivity index (χ1) is 7.07. The van der Waals surface area contributed by atoms with Gasteiger partial charge in [-0.25, -0.2) is 13.1 Å². The van der Waals surface area contributed by atoms with Gasteiger partial charge in [-0.2, -0.15) is 0 Å². The van der Waals surface area contributed by atoms with Crippen LogP contribution in [0.4, 0.5) is 0 Å². The molecule has 0 aromatic carbocycles. The van der Waals surface area contributed by atoms with Crippen LogP contribution >= 0.6 is 0 Å². The van der Waals surface area contributed by atoms with Gasteiger partial charge in [0.2, 0.25) is 10.0 Å². The number of rotatable bonds is 6. The van der Waals surface area contributed by atoms with Gasteiger partial charge in [-0.3, -0.25) is 4.79 Å². The summed E-state index contributed by atoms with van der Waals surface area (Å²) in [6, 6.07) is -1.02. The Bertz CT molecular complexity index is 329. The van der Waals surface area contributed by atoms with Gasteiger partial charge in [0.05, 0.1) is 5.75 Å². The van der Waals surface area contributed by atoms with Crippen LogP contribution in [0.1, 0.15) is 40.5 Å². The molecule has 0 aromatic rings. The molecule has 6 heteroatoms. The lowest BCUT2D eigenvalue weighted by atomic mass is 9.94. The SMILES string of the molecule is CC[C@@H](NS(=O)(=O)CCC(C)(C)C)C(=O)O. The Labute approximate surface area is 97.3 Å². The number of carbonyl (C=O) groups is 1. The Morgan fingerprint density at radius 2 is 1.88 bits per heavy atom. The molecule has 0 aliphatic heterocycles. The largest absolute Gasteiger partial charge is 0.480 e. The molecule has 0 aliphatic carbocycles. The van der Waals surface area contributed by atoms with Crippen molar-refractivity contribution in [3.63, 3.8) is 0 Å². The third kappa shape index (κ3) is 6.79. The van der Waals surface area contributed by atoms with Crippen molar-refractivity contribution in [2.75, 3.05) is 5.75 Å². The van der Waals surface area contributed by atoms with Gasteiger partial charge in [0.25, 0.3) is 0 Å². The van der Waals surface area contributed by atoms with E-state index in [1.54, 1.807) is 6.92 Å². The van der Waals surface area contributed by atoms with Gasteiger partial charge >= 0.3 is 5.97 Å². The third-order valence-corrected chi connectivity index (χ3v) is 3.53. The minimum absolute atomic E-state index is 0.0414. The minimum Gasteiger partial charge on any atom is -0.480 e. The number of aliphatic carboxylic acids is 1. The Balaban J connectivity index is 4.41. The lowest BCUT2D eigenvalue weighted by Crippen LogP contribution is -2.41. The predicted octanol–water partition coefficient (Wildman–Crippen LogP) is 1.21. The van der Waals surface area contributed by atoms with Crippen molar-refractivity contribution in [2.45, 2.75) is 46.6 Å². The van der Waals surface area contributed by atoms with Crippen LogP contribution in [0, 0.1) is 5.41 Å². The molecule has 0 aromatic heterocycles. The third-order valence-electron chi connectivity index (χ3n) is 2.15. The van der Waals surface area contributed by atoms with Crippen molar-refractivity contribution in [1.82, 2.24) is 4.72 Å². The molecule has 96 valence electrons. The molecular weight excluding hydrogens is 230 g/mol. The molecule has 0 radical (unpaired) electrons. The molecule has 0 rings (SSSR count). The second kappa shape index (κ2) is 5.63. The highest BCUT2D eigenvalue weighted by Crippen LogP contribution is 2.19. The van der Waals surface area contributed by atoms with Gasteiger partial charge in [0, 0.05) is 0 Å². The van der Waals surface area contributed by atoms with Crippen LogP contribution in [0.3, 0.4) is 0 Å². The van der Waals surface area contributed by atoms with Crippen molar-refractivity contribution in [2.24, 2.45) is 5.41 Å². The normalized spacial score (nSPS) is 14.8. The Morgan fingerprint density at radius 3 is 2.19 bits per heavy atom. The fraction of sp³-hybridized carbons (Fsp3) is 0.900. The lowest BCUT2D eigenvalue weighted by molar-refractivity contribution is -0.139. The van der Waals surface area contributed by atoms with Gasteiger partial charge in [0.1, 0.15) is 6.04 Å². The van der Waals surface area contributed by atoms with Crippen molar-refractivity contribution in [3.05, 3.63) is 0 Å². The second-order valence-corrected chi connectivity index (χ2v) is 6.92. The lowest BCUT2D eigenvalue weighted by Gasteiger charge is -2.19. The van der Waals surface area contributed by atoms with E-state index < -0.39 is 22.0 Å². The highest BCUT2D eigenvalue weighted by molar-refractivity contribution is 7.89. The Kier molecular flexibility index (Phi) is 5.41. The van der Waals surface area contributed by atoms with Gasteiger partial charge in [-0.05, 0) is 18.3 Å². The molecule has 16 heavy (non-hydrogen) atoms. The highest BCUT2D eigenvalue weighted by Gasteiger charge is 2.23. The Morgan fingerprint density at radius 1 is 1.38 bits per heavy atom. The molecule has 5 nitrogen and oxygen atoms in total. The maximum atomic E-state index is 11.6. The molecule has 0 saturated carbocycles. The average molecular weight is 251 g/mol. The molecule has 0 saturated heterocycles. The van der Waals surface area contributed by atoms with Crippen LogP contribution in [0.15, 0.2) is 0 Å². The summed E-state index contributed by atoms with van der Waals surface area (Å²) in [5, 5.41) is 8.74. The van der Waals surface area contributed by atoms with Crippen LogP contribution in [0.5, 0.6) is 0 Å². The van der Waals surface area contributed by atoms with E-state index in [2.05, 4.69) is 4.72 Å². The summed E-state index contributed by atoms with van der Waals surface area (Å²) in [6.45, 7) is 7.45. The summed E-state index contributed by atoms with van der Waals surface area (Å²) in [7, 11) is -3.50. The summed E-state index contributed by atoms with van der Waals surface area (Å²) >= 11 is 0. The zero-order valence-corrected chi connectivity index (χ0v) is 11.1. The number of hydrogen-bond donors (Lipinski definition) is 2. The summed E-state index contributed by atoms with van der Waals surface area (Å²) < 4.78 is 25.3. The van der Waals surface area contributed by atoms with Crippen LogP contribution in [0.25, 0.3) is 0 Å². The summed E-state index contributed by atoms with van der Waals surface area (Å²) in [5.74, 6) is -1.18. The van der Waals surface area contributed by atoms with E-state index in [-0.39, 0.29) is 17.6 Å². The van der Waals surface area contributed by atoms with Gasteiger partial charge in [-0.1, -0.05) is 27.7 Å². The molecule has 2 N–H and O–H groups in total. The van der Waals surface area contributed by atoms with E-state index in [4.69, 9.17) is 5.11 Å². The van der Waals surface area contributed by atoms with Crippen LogP contribution in [-0.4, -0.2) is 31.3 Å². The number of sulfonamides is 1. The van der Waals surface area contributed by atoms with Gasteiger partial charge in [0.15, 0.2) is 0 Å². The second-order valence-electron chi connectivity index (χ2n) is 5.05. The van der Waals surface area contributed by atoms with E-state index in [1.807, 2.05) is 20.8 Å². The molecule has 0 aliphatic rings. The summed E-state index contributed by atoms with van der Waals surface area (Å²) in [4.78, 5) is 10.7. The predicted molar refractivity (Wildman–Crippen MR) is 62.7 cm³/mol. The van der Waals surface area contributed by atoms with Gasteiger partial charge < -0.3 is 5.11 Å². The fourth-order valence-corrected chi connectivity index (χ4v) is 2.72. The quantitative estimate of drug-likeness (QED) is 0.743. The summed E-state index contributed by atoms with van der Waals surface area (Å²) in [6.07, 6.45) is 0.739. The number of carboxylic acid groups (broad SMARTS) is 1. The van der Waals surface area contributed by atoms with Crippen molar-refractivity contribution >= 4 is 16.0 Å².